The van der Waals surface area contributed by atoms with E-state index in [1.807, 2.05) is 12.1 Å². The van der Waals surface area contributed by atoms with Gasteiger partial charge in [-0.3, -0.25) is 29.4 Å². The zero-order valence-corrected chi connectivity index (χ0v) is 20.8. The number of nitrogens with one attached hydrogen (secondary N) is 2. The molecule has 4 fully saturated rings. The Kier molecular flexibility index (Phi) is 6.08. The summed E-state index contributed by atoms with van der Waals surface area (Å²) in [6.07, 6.45) is 7.58. The smallest absolute Gasteiger partial charge is 0.262 e. The molecule has 0 radical (unpaired) electrons. The van der Waals surface area contributed by atoms with Crippen LogP contribution in [0.1, 0.15) is 72.1 Å². The van der Waals surface area contributed by atoms with E-state index < -0.39 is 23.8 Å². The summed E-state index contributed by atoms with van der Waals surface area (Å²) in [4.78, 5) is 56.3. The molecule has 1 atom stereocenters. The van der Waals surface area contributed by atoms with Crippen LogP contribution in [-0.2, 0) is 9.59 Å². The number of benzene rings is 1. The monoisotopic (exact) mass is 493 g/mol. The van der Waals surface area contributed by atoms with Gasteiger partial charge in [-0.1, -0.05) is 0 Å². The first kappa shape index (κ1) is 23.6. The second kappa shape index (κ2) is 9.27. The lowest BCUT2D eigenvalue weighted by Crippen LogP contribution is -2.54. The number of hydrogen-bond donors (Lipinski definition) is 2. The van der Waals surface area contributed by atoms with Gasteiger partial charge in [-0.15, -0.1) is 0 Å². The van der Waals surface area contributed by atoms with Crippen LogP contribution in [0.15, 0.2) is 18.2 Å². The summed E-state index contributed by atoms with van der Waals surface area (Å²) in [6, 6.07) is 5.31. The minimum absolute atomic E-state index is 0.125. The predicted molar refractivity (Wildman–Crippen MR) is 134 cm³/mol. The molecular weight excluding hydrogens is 458 g/mol. The summed E-state index contributed by atoms with van der Waals surface area (Å²) in [5, 5.41) is 5.72. The van der Waals surface area contributed by atoms with Gasteiger partial charge >= 0.3 is 0 Å². The van der Waals surface area contributed by atoms with Gasteiger partial charge in [0.2, 0.25) is 11.8 Å². The van der Waals surface area contributed by atoms with E-state index in [1.165, 1.54) is 32.1 Å². The highest BCUT2D eigenvalue weighted by Crippen LogP contribution is 2.42. The second-order valence-electron chi connectivity index (χ2n) is 11.2. The lowest BCUT2D eigenvalue weighted by molar-refractivity contribution is -0.136. The molecule has 192 valence electrons. The fourth-order valence-corrected chi connectivity index (χ4v) is 7.03. The molecule has 5 heterocycles. The standard InChI is InChI=1S/C27H35N5O4/c33-23-5-4-22(24(34)29-23)32-25(35)20-3-2-19(16-21(20)26(32)36)31-13-1-8-27(17-31)9-14-30(15-10-27)18-6-11-28-12-7-18/h2-3,16,18,22,28H,1,4-15,17H2,(H,29,33,34). The van der Waals surface area contributed by atoms with Gasteiger partial charge in [-0.25, -0.2) is 0 Å². The highest BCUT2D eigenvalue weighted by molar-refractivity contribution is 6.23. The van der Waals surface area contributed by atoms with Crippen molar-refractivity contribution in [2.24, 2.45) is 5.41 Å². The molecule has 1 spiro atoms. The van der Waals surface area contributed by atoms with Crippen molar-refractivity contribution < 1.29 is 19.2 Å². The molecule has 1 unspecified atom stereocenters. The molecule has 0 bridgehead atoms. The normalized spacial score (nSPS) is 27.5. The molecule has 1 aromatic rings. The van der Waals surface area contributed by atoms with Gasteiger partial charge in [0.25, 0.3) is 11.8 Å². The van der Waals surface area contributed by atoms with Crippen molar-refractivity contribution in [3.8, 4) is 0 Å². The summed E-state index contributed by atoms with van der Waals surface area (Å²) in [5.74, 6) is -1.82. The van der Waals surface area contributed by atoms with E-state index in [0.717, 1.165) is 62.3 Å². The number of piperidine rings is 4. The number of carbonyl (C=O) groups is 4. The zero-order valence-electron chi connectivity index (χ0n) is 20.8. The van der Waals surface area contributed by atoms with Crippen LogP contribution in [0, 0.1) is 5.41 Å². The van der Waals surface area contributed by atoms with Gasteiger partial charge < -0.3 is 15.1 Å². The molecule has 0 aromatic heterocycles. The van der Waals surface area contributed by atoms with Crippen LogP contribution in [0.5, 0.6) is 0 Å². The third-order valence-electron chi connectivity index (χ3n) is 9.13. The van der Waals surface area contributed by atoms with Crippen molar-refractivity contribution in [2.45, 2.75) is 63.5 Å². The first-order valence-electron chi connectivity index (χ1n) is 13.5. The molecule has 0 aliphatic carbocycles. The molecule has 36 heavy (non-hydrogen) atoms. The van der Waals surface area contributed by atoms with Crippen LogP contribution in [0.4, 0.5) is 5.69 Å². The fraction of sp³-hybridized carbons (Fsp3) is 0.630. The first-order chi connectivity index (χ1) is 17.4. The molecule has 0 saturated carbocycles. The number of hydrogen-bond acceptors (Lipinski definition) is 7. The fourth-order valence-electron chi connectivity index (χ4n) is 7.03. The first-order valence-corrected chi connectivity index (χ1v) is 13.5. The van der Waals surface area contributed by atoms with Crippen molar-refractivity contribution in [2.75, 3.05) is 44.2 Å². The largest absolute Gasteiger partial charge is 0.371 e. The number of fused-ring (bicyclic) bond motifs is 1. The summed E-state index contributed by atoms with van der Waals surface area (Å²) < 4.78 is 0. The van der Waals surface area contributed by atoms with Crippen LogP contribution in [0.2, 0.25) is 0 Å². The number of carbonyl (C=O) groups excluding carboxylic acids is 4. The maximum absolute atomic E-state index is 13.3. The molecule has 4 amide bonds. The number of likely N-dealkylation sites (tertiary alicyclic amines) is 1. The van der Waals surface area contributed by atoms with E-state index >= 15 is 0 Å². The van der Waals surface area contributed by atoms with Gasteiger partial charge in [0.1, 0.15) is 6.04 Å². The Hall–Kier alpha value is -2.78. The Bertz CT molecular complexity index is 1090. The lowest BCUT2D eigenvalue weighted by atomic mass is 9.72. The van der Waals surface area contributed by atoms with Crippen LogP contribution < -0.4 is 15.5 Å². The number of nitrogens with zero attached hydrogens (tertiary/aromatic N) is 3. The summed E-state index contributed by atoms with van der Waals surface area (Å²) >= 11 is 0. The number of imide groups is 2. The minimum atomic E-state index is -0.929. The van der Waals surface area contributed by atoms with E-state index in [9.17, 15) is 19.2 Å². The van der Waals surface area contributed by atoms with Crippen LogP contribution >= 0.6 is 0 Å². The summed E-state index contributed by atoms with van der Waals surface area (Å²) in [5.41, 5.74) is 1.98. The van der Waals surface area contributed by atoms with E-state index in [1.54, 1.807) is 6.07 Å². The van der Waals surface area contributed by atoms with Crippen molar-refractivity contribution >= 4 is 29.3 Å². The third kappa shape index (κ3) is 4.12. The van der Waals surface area contributed by atoms with Gasteiger partial charge in [0.05, 0.1) is 11.1 Å². The SMILES string of the molecule is O=C1CCC(N2C(=O)c3ccc(N4CCCC5(CCN(C6CCNCC6)CC5)C4)cc3C2=O)C(=O)N1. The molecular formula is C27H35N5O4. The number of amides is 4. The molecule has 9 heteroatoms. The molecule has 5 aliphatic heterocycles. The minimum Gasteiger partial charge on any atom is -0.371 e. The topological polar surface area (TPSA) is 102 Å². The molecule has 5 aliphatic rings. The molecule has 4 saturated heterocycles. The van der Waals surface area contributed by atoms with Gasteiger partial charge in [-0.2, -0.15) is 0 Å². The van der Waals surface area contributed by atoms with Crippen molar-refractivity contribution in [3.05, 3.63) is 29.3 Å². The van der Waals surface area contributed by atoms with Crippen molar-refractivity contribution in [1.29, 1.82) is 0 Å². The van der Waals surface area contributed by atoms with Gasteiger partial charge in [0, 0.05) is 31.2 Å². The highest BCUT2D eigenvalue weighted by atomic mass is 16.2. The second-order valence-corrected chi connectivity index (χ2v) is 11.2. The van der Waals surface area contributed by atoms with Crippen LogP contribution in [0.25, 0.3) is 0 Å². The van der Waals surface area contributed by atoms with E-state index in [0.29, 0.717) is 16.5 Å². The van der Waals surface area contributed by atoms with E-state index in [4.69, 9.17) is 0 Å². The highest BCUT2D eigenvalue weighted by Gasteiger charge is 2.45. The lowest BCUT2D eigenvalue weighted by Gasteiger charge is -2.50. The van der Waals surface area contributed by atoms with Crippen molar-refractivity contribution in [3.63, 3.8) is 0 Å². The van der Waals surface area contributed by atoms with E-state index in [-0.39, 0.29) is 18.7 Å². The Morgan fingerprint density at radius 1 is 0.861 bits per heavy atom. The average Bonchev–Trinajstić information content (AvgIpc) is 3.14. The van der Waals surface area contributed by atoms with E-state index in [2.05, 4.69) is 20.4 Å². The molecule has 1 aromatic carbocycles. The average molecular weight is 494 g/mol. The summed E-state index contributed by atoms with van der Waals surface area (Å²) in [6.45, 7) is 6.50. The predicted octanol–water partition coefficient (Wildman–Crippen LogP) is 1.52. The Labute approximate surface area is 211 Å². The van der Waals surface area contributed by atoms with Gasteiger partial charge in [-0.05, 0) is 94.7 Å². The van der Waals surface area contributed by atoms with Crippen LogP contribution in [-0.4, -0.2) is 84.8 Å². The number of anilines is 1. The third-order valence-corrected chi connectivity index (χ3v) is 9.13. The Morgan fingerprint density at radius 3 is 2.36 bits per heavy atom. The molecule has 9 nitrogen and oxygen atoms in total. The number of rotatable bonds is 3. The molecule has 6 rings (SSSR count). The molecule has 2 N–H and O–H groups in total. The van der Waals surface area contributed by atoms with Crippen molar-refractivity contribution in [1.82, 2.24) is 20.4 Å². The maximum Gasteiger partial charge on any atom is 0.262 e. The van der Waals surface area contributed by atoms with Crippen LogP contribution in [0.3, 0.4) is 0 Å². The quantitative estimate of drug-likeness (QED) is 0.616. The Balaban J connectivity index is 1.16. The van der Waals surface area contributed by atoms with Gasteiger partial charge in [0.15, 0.2) is 0 Å². The Morgan fingerprint density at radius 2 is 1.61 bits per heavy atom. The maximum atomic E-state index is 13.3. The zero-order chi connectivity index (χ0) is 24.9. The summed E-state index contributed by atoms with van der Waals surface area (Å²) in [7, 11) is 0.